The molecule has 1 aromatic rings. The summed E-state index contributed by atoms with van der Waals surface area (Å²) < 4.78 is 5.64. The van der Waals surface area contributed by atoms with E-state index in [1.165, 1.54) is 0 Å². The van der Waals surface area contributed by atoms with Crippen molar-refractivity contribution in [3.63, 3.8) is 0 Å². The summed E-state index contributed by atoms with van der Waals surface area (Å²) in [4.78, 5) is 11.0. The lowest BCUT2D eigenvalue weighted by Crippen LogP contribution is -2.37. The molecule has 0 spiro atoms. The summed E-state index contributed by atoms with van der Waals surface area (Å²) in [5.74, 6) is -0.00606. The van der Waals surface area contributed by atoms with Gasteiger partial charge >= 0.3 is 5.97 Å². The van der Waals surface area contributed by atoms with E-state index in [1.54, 1.807) is 0 Å². The van der Waals surface area contributed by atoms with Gasteiger partial charge in [-0.15, -0.1) is 0 Å². The number of nitrogens with one attached hydrogen (secondary N) is 1. The number of hydrogen-bond donors (Lipinski definition) is 2. The second kappa shape index (κ2) is 7.14. The lowest BCUT2D eigenvalue weighted by molar-refractivity contribution is -0.139. The second-order valence-corrected chi connectivity index (χ2v) is 4.93. The van der Waals surface area contributed by atoms with E-state index in [0.717, 1.165) is 11.3 Å². The number of rotatable bonds is 7. The Kier molecular flexibility index (Phi) is 5.83. The average molecular weight is 265 g/mol. The van der Waals surface area contributed by atoms with Crippen LogP contribution in [-0.4, -0.2) is 23.2 Å². The van der Waals surface area contributed by atoms with Gasteiger partial charge in [-0.2, -0.15) is 0 Å². The molecule has 0 aliphatic carbocycles. The molecular formula is C15H23NO3. The van der Waals surface area contributed by atoms with Gasteiger partial charge in [0.05, 0.1) is 6.10 Å². The number of carboxylic acid groups (broad SMARTS) is 1. The maximum absolute atomic E-state index is 11.0. The Balaban J connectivity index is 2.76. The molecular weight excluding hydrogens is 242 g/mol. The summed E-state index contributed by atoms with van der Waals surface area (Å²) in [5.41, 5.74) is 1.03. The molecule has 0 bridgehead atoms. The highest BCUT2D eigenvalue weighted by molar-refractivity contribution is 5.73. The fourth-order valence-electron chi connectivity index (χ4n) is 1.89. The van der Waals surface area contributed by atoms with E-state index >= 15 is 0 Å². The largest absolute Gasteiger partial charge is 0.491 e. The highest BCUT2D eigenvalue weighted by Gasteiger charge is 2.18. The van der Waals surface area contributed by atoms with Gasteiger partial charge in [0.2, 0.25) is 0 Å². The second-order valence-electron chi connectivity index (χ2n) is 4.93. The molecule has 4 heteroatoms. The first kappa shape index (κ1) is 15.5. The van der Waals surface area contributed by atoms with Crippen LogP contribution in [0, 0.1) is 0 Å². The quantitative estimate of drug-likeness (QED) is 0.795. The zero-order valence-corrected chi connectivity index (χ0v) is 12.0. The minimum Gasteiger partial charge on any atom is -0.491 e. The lowest BCUT2D eigenvalue weighted by Gasteiger charge is -2.20. The van der Waals surface area contributed by atoms with Crippen LogP contribution in [0.3, 0.4) is 0 Å². The van der Waals surface area contributed by atoms with E-state index in [-0.39, 0.29) is 12.1 Å². The molecule has 106 valence electrons. The summed E-state index contributed by atoms with van der Waals surface area (Å²) in [6, 6.07) is 7.20. The molecule has 0 aliphatic rings. The van der Waals surface area contributed by atoms with Gasteiger partial charge in [0.1, 0.15) is 11.8 Å². The molecule has 0 radical (unpaired) electrons. The first-order valence-electron chi connectivity index (χ1n) is 6.69. The van der Waals surface area contributed by atoms with E-state index in [4.69, 9.17) is 9.84 Å². The molecule has 0 aromatic heterocycles. The fourth-order valence-corrected chi connectivity index (χ4v) is 1.89. The van der Waals surface area contributed by atoms with Crippen LogP contribution in [0.2, 0.25) is 0 Å². The number of ether oxygens (including phenoxy) is 1. The fraction of sp³-hybridized carbons (Fsp3) is 0.533. The van der Waals surface area contributed by atoms with Crippen LogP contribution in [-0.2, 0) is 4.79 Å². The topological polar surface area (TPSA) is 58.6 Å². The van der Waals surface area contributed by atoms with E-state index in [0.29, 0.717) is 6.42 Å². The van der Waals surface area contributed by atoms with Crippen molar-refractivity contribution in [3.8, 4) is 5.75 Å². The SMILES string of the molecule is CCC(NC(C)c1cccc(OC(C)C)c1)C(=O)O. The molecule has 2 unspecified atom stereocenters. The average Bonchev–Trinajstić information content (AvgIpc) is 2.34. The molecule has 0 heterocycles. The Morgan fingerprint density at radius 1 is 1.37 bits per heavy atom. The Bertz CT molecular complexity index is 418. The summed E-state index contributed by atoms with van der Waals surface area (Å²) >= 11 is 0. The summed E-state index contributed by atoms with van der Waals surface area (Å²) in [6.45, 7) is 7.77. The van der Waals surface area contributed by atoms with Gasteiger partial charge < -0.3 is 9.84 Å². The van der Waals surface area contributed by atoms with E-state index in [2.05, 4.69) is 5.32 Å². The van der Waals surface area contributed by atoms with Crippen LogP contribution in [0.15, 0.2) is 24.3 Å². The lowest BCUT2D eigenvalue weighted by atomic mass is 10.1. The predicted molar refractivity (Wildman–Crippen MR) is 75.5 cm³/mol. The third-order valence-corrected chi connectivity index (χ3v) is 2.89. The maximum atomic E-state index is 11.0. The van der Waals surface area contributed by atoms with E-state index in [9.17, 15) is 4.79 Å². The number of benzene rings is 1. The maximum Gasteiger partial charge on any atom is 0.320 e. The van der Waals surface area contributed by atoms with E-state index < -0.39 is 12.0 Å². The van der Waals surface area contributed by atoms with Crippen molar-refractivity contribution in [1.82, 2.24) is 5.32 Å². The molecule has 2 N–H and O–H groups in total. The van der Waals surface area contributed by atoms with Crippen LogP contribution < -0.4 is 10.1 Å². The molecule has 0 aliphatic heterocycles. The Morgan fingerprint density at radius 3 is 2.58 bits per heavy atom. The molecule has 1 rings (SSSR count). The van der Waals surface area contributed by atoms with Gasteiger partial charge in [-0.3, -0.25) is 10.1 Å². The number of aliphatic carboxylic acids is 1. The first-order valence-corrected chi connectivity index (χ1v) is 6.69. The summed E-state index contributed by atoms with van der Waals surface area (Å²) in [6.07, 6.45) is 0.683. The van der Waals surface area contributed by atoms with Crippen molar-refractivity contribution in [3.05, 3.63) is 29.8 Å². The van der Waals surface area contributed by atoms with Crippen molar-refractivity contribution >= 4 is 5.97 Å². The normalized spacial score (nSPS) is 14.2. The Hall–Kier alpha value is -1.55. The molecule has 1 aromatic carbocycles. The molecule has 0 saturated carbocycles. The van der Waals surface area contributed by atoms with Crippen LogP contribution in [0.4, 0.5) is 0 Å². The van der Waals surface area contributed by atoms with Gasteiger partial charge in [-0.05, 0) is 44.9 Å². The third-order valence-electron chi connectivity index (χ3n) is 2.89. The number of carboxylic acids is 1. The van der Waals surface area contributed by atoms with Gasteiger partial charge in [0, 0.05) is 6.04 Å². The highest BCUT2D eigenvalue weighted by Crippen LogP contribution is 2.20. The number of carbonyl (C=O) groups is 1. The Morgan fingerprint density at radius 2 is 2.05 bits per heavy atom. The zero-order chi connectivity index (χ0) is 14.4. The molecule has 0 fully saturated rings. The van der Waals surface area contributed by atoms with Gasteiger partial charge in [0.15, 0.2) is 0 Å². The van der Waals surface area contributed by atoms with Crippen LogP contribution in [0.5, 0.6) is 5.75 Å². The minimum atomic E-state index is -0.816. The van der Waals surface area contributed by atoms with Crippen molar-refractivity contribution in [2.45, 2.75) is 52.3 Å². The van der Waals surface area contributed by atoms with Crippen molar-refractivity contribution in [1.29, 1.82) is 0 Å². The molecule has 19 heavy (non-hydrogen) atoms. The standard InChI is InChI=1S/C15H23NO3/c1-5-14(15(17)18)16-11(4)12-7-6-8-13(9-12)19-10(2)3/h6-11,14,16H,5H2,1-4H3,(H,17,18). The van der Waals surface area contributed by atoms with Crippen molar-refractivity contribution in [2.75, 3.05) is 0 Å². The van der Waals surface area contributed by atoms with Crippen LogP contribution in [0.25, 0.3) is 0 Å². The highest BCUT2D eigenvalue weighted by atomic mass is 16.5. The zero-order valence-electron chi connectivity index (χ0n) is 12.0. The number of hydrogen-bond acceptors (Lipinski definition) is 3. The summed E-state index contributed by atoms with van der Waals surface area (Å²) in [5, 5.41) is 12.2. The third kappa shape index (κ3) is 4.91. The molecule has 4 nitrogen and oxygen atoms in total. The predicted octanol–water partition coefficient (Wildman–Crippen LogP) is 2.99. The molecule has 0 amide bonds. The van der Waals surface area contributed by atoms with Crippen LogP contribution in [0.1, 0.15) is 45.7 Å². The van der Waals surface area contributed by atoms with E-state index in [1.807, 2.05) is 52.0 Å². The van der Waals surface area contributed by atoms with Crippen molar-refractivity contribution in [2.24, 2.45) is 0 Å². The molecule has 0 saturated heterocycles. The minimum absolute atomic E-state index is 0.0308. The first-order chi connectivity index (χ1) is 8.93. The Labute approximate surface area is 114 Å². The van der Waals surface area contributed by atoms with Gasteiger partial charge in [-0.25, -0.2) is 0 Å². The van der Waals surface area contributed by atoms with Crippen molar-refractivity contribution < 1.29 is 14.6 Å². The van der Waals surface area contributed by atoms with Gasteiger partial charge in [-0.1, -0.05) is 19.1 Å². The van der Waals surface area contributed by atoms with Crippen LogP contribution >= 0.6 is 0 Å². The monoisotopic (exact) mass is 265 g/mol. The summed E-state index contributed by atoms with van der Waals surface area (Å²) in [7, 11) is 0. The molecule has 2 atom stereocenters. The van der Waals surface area contributed by atoms with Gasteiger partial charge in [0.25, 0.3) is 0 Å². The smallest absolute Gasteiger partial charge is 0.320 e.